The number of benzene rings is 1. The first-order valence-corrected chi connectivity index (χ1v) is 10.4. The number of nitrogens with two attached hydrogens (primary N) is 1. The molecule has 0 bridgehead atoms. The summed E-state index contributed by atoms with van der Waals surface area (Å²) in [6.45, 7) is 2.57. The van der Waals surface area contributed by atoms with E-state index < -0.39 is 11.7 Å². The summed E-state index contributed by atoms with van der Waals surface area (Å²) in [5, 5.41) is 7.43. The van der Waals surface area contributed by atoms with Crippen LogP contribution in [0.3, 0.4) is 0 Å². The number of aliphatic imine (C=N–C) groups is 1. The molecule has 3 heterocycles. The minimum atomic E-state index is -0.616. The van der Waals surface area contributed by atoms with Gasteiger partial charge in [-0.05, 0) is 30.7 Å². The van der Waals surface area contributed by atoms with Gasteiger partial charge in [-0.15, -0.1) is 0 Å². The summed E-state index contributed by atoms with van der Waals surface area (Å²) in [5.74, 6) is -0.315. The second kappa shape index (κ2) is 9.47. The van der Waals surface area contributed by atoms with Gasteiger partial charge in [-0.2, -0.15) is 10.1 Å². The van der Waals surface area contributed by atoms with E-state index >= 15 is 4.39 Å². The van der Waals surface area contributed by atoms with Gasteiger partial charge in [0.1, 0.15) is 23.1 Å². The van der Waals surface area contributed by atoms with E-state index in [1.807, 2.05) is 6.92 Å². The Morgan fingerprint density at radius 3 is 2.76 bits per heavy atom. The van der Waals surface area contributed by atoms with Crippen LogP contribution in [0.1, 0.15) is 29.3 Å². The molecule has 4 rings (SSSR count). The molecule has 4 aromatic rings. The molecule has 0 spiro atoms. The molecule has 0 saturated carbocycles. The lowest BCUT2D eigenvalue weighted by molar-refractivity contribution is 0.100. The largest absolute Gasteiger partial charge is 0.497 e. The fourth-order valence-corrected chi connectivity index (χ4v) is 3.34. The van der Waals surface area contributed by atoms with Crippen LogP contribution in [0.25, 0.3) is 16.8 Å². The van der Waals surface area contributed by atoms with Crippen molar-refractivity contribution in [2.75, 3.05) is 19.0 Å². The fraction of sp³-hybridized carbons (Fsp3) is 0.167. The zero-order valence-corrected chi connectivity index (χ0v) is 18.2. The van der Waals surface area contributed by atoms with E-state index in [-0.39, 0.29) is 17.1 Å². The summed E-state index contributed by atoms with van der Waals surface area (Å²) in [6.07, 6.45) is 4.07. The molecule has 168 valence electrons. The number of ether oxygens (including phenoxy) is 1. The number of aromatic nitrogens is 3. The minimum absolute atomic E-state index is 0.0998. The highest BCUT2D eigenvalue weighted by molar-refractivity contribution is 6.10. The second-order valence-corrected chi connectivity index (χ2v) is 7.26. The number of amides is 1. The lowest BCUT2D eigenvalue weighted by atomic mass is 10.1. The van der Waals surface area contributed by atoms with Gasteiger partial charge in [0.05, 0.1) is 24.4 Å². The molecule has 3 aromatic heterocycles. The molecular formula is C24H23FN6O2. The third kappa shape index (κ3) is 4.52. The zero-order valence-electron chi connectivity index (χ0n) is 18.2. The maximum Gasteiger partial charge on any atom is 0.278 e. The van der Waals surface area contributed by atoms with Gasteiger partial charge in [0, 0.05) is 29.9 Å². The smallest absolute Gasteiger partial charge is 0.278 e. The predicted octanol–water partition coefficient (Wildman–Crippen LogP) is 3.91. The molecule has 0 atom stereocenters. The van der Waals surface area contributed by atoms with Crippen LogP contribution in [0.5, 0.6) is 5.75 Å². The number of nitrogens with zero attached hydrogens (tertiary/aromatic N) is 4. The van der Waals surface area contributed by atoms with E-state index in [2.05, 4.69) is 20.4 Å². The molecule has 0 fully saturated rings. The van der Waals surface area contributed by atoms with Gasteiger partial charge in [0.2, 0.25) is 0 Å². The number of hydrogen-bond acceptors (Lipinski definition) is 5. The monoisotopic (exact) mass is 446 g/mol. The van der Waals surface area contributed by atoms with E-state index in [1.54, 1.807) is 66.5 Å². The molecule has 0 radical (unpaired) electrons. The third-order valence-electron chi connectivity index (χ3n) is 5.02. The van der Waals surface area contributed by atoms with Crippen molar-refractivity contribution in [3.05, 3.63) is 77.9 Å². The number of hydrogen-bond donors (Lipinski definition) is 2. The van der Waals surface area contributed by atoms with Crippen LogP contribution < -0.4 is 15.8 Å². The summed E-state index contributed by atoms with van der Waals surface area (Å²) < 4.78 is 22.2. The summed E-state index contributed by atoms with van der Waals surface area (Å²) >= 11 is 0. The molecule has 33 heavy (non-hydrogen) atoms. The first kappa shape index (κ1) is 21.9. The Kier molecular flexibility index (Phi) is 6.30. The third-order valence-corrected chi connectivity index (χ3v) is 5.02. The number of anilines is 1. The number of rotatable bonds is 7. The van der Waals surface area contributed by atoms with Gasteiger partial charge < -0.3 is 15.8 Å². The molecule has 3 N–H and O–H groups in total. The second-order valence-electron chi connectivity index (χ2n) is 7.26. The molecule has 0 saturated heterocycles. The van der Waals surface area contributed by atoms with Crippen molar-refractivity contribution in [1.82, 2.24) is 14.6 Å². The van der Waals surface area contributed by atoms with Crippen molar-refractivity contribution in [2.24, 2.45) is 10.7 Å². The summed E-state index contributed by atoms with van der Waals surface area (Å²) in [6, 6.07) is 13.3. The van der Waals surface area contributed by atoms with Gasteiger partial charge in [-0.25, -0.2) is 13.9 Å². The molecule has 1 aromatic carbocycles. The van der Waals surface area contributed by atoms with Crippen molar-refractivity contribution < 1.29 is 13.9 Å². The van der Waals surface area contributed by atoms with Crippen LogP contribution in [0.15, 0.2) is 65.9 Å². The summed E-state index contributed by atoms with van der Waals surface area (Å²) in [4.78, 5) is 20.9. The Morgan fingerprint density at radius 1 is 1.24 bits per heavy atom. The zero-order chi connectivity index (χ0) is 23.4. The van der Waals surface area contributed by atoms with E-state index in [4.69, 9.17) is 10.5 Å². The summed E-state index contributed by atoms with van der Waals surface area (Å²) in [7, 11) is 1.56. The van der Waals surface area contributed by atoms with Crippen molar-refractivity contribution in [2.45, 2.75) is 13.3 Å². The van der Waals surface area contributed by atoms with Crippen LogP contribution in [0.2, 0.25) is 0 Å². The van der Waals surface area contributed by atoms with Crippen LogP contribution in [0, 0.1) is 5.82 Å². The van der Waals surface area contributed by atoms with Crippen molar-refractivity contribution >= 4 is 23.1 Å². The number of fused-ring (bicyclic) bond motifs is 1. The number of carbonyl (C=O) groups excluding carboxylic acids is 1. The van der Waals surface area contributed by atoms with Gasteiger partial charge in [0.25, 0.3) is 5.91 Å². The first-order chi connectivity index (χ1) is 16.0. The number of amidine groups is 1. The lowest BCUT2D eigenvalue weighted by Gasteiger charge is -2.13. The van der Waals surface area contributed by atoms with E-state index in [0.717, 1.165) is 6.42 Å². The highest BCUT2D eigenvalue weighted by Gasteiger charge is 2.20. The van der Waals surface area contributed by atoms with Gasteiger partial charge >= 0.3 is 0 Å². The maximum atomic E-state index is 15.3. The normalized spacial score (nSPS) is 11.5. The molecule has 8 nitrogen and oxygen atoms in total. The average molecular weight is 446 g/mol. The van der Waals surface area contributed by atoms with E-state index in [1.165, 1.54) is 6.07 Å². The fourth-order valence-electron chi connectivity index (χ4n) is 3.34. The van der Waals surface area contributed by atoms with Crippen LogP contribution in [0.4, 0.5) is 10.2 Å². The van der Waals surface area contributed by atoms with Crippen molar-refractivity contribution in [3.63, 3.8) is 0 Å². The molecule has 0 unspecified atom stereocenters. The summed E-state index contributed by atoms with van der Waals surface area (Å²) in [5.41, 5.74) is 7.94. The van der Waals surface area contributed by atoms with Gasteiger partial charge in [-0.1, -0.05) is 25.1 Å². The van der Waals surface area contributed by atoms with Crippen molar-refractivity contribution in [1.29, 1.82) is 0 Å². The number of nitrogens with one attached hydrogen (secondary N) is 1. The van der Waals surface area contributed by atoms with Crippen LogP contribution in [-0.2, 0) is 0 Å². The van der Waals surface area contributed by atoms with Gasteiger partial charge in [-0.3, -0.25) is 4.79 Å². The molecule has 0 aliphatic carbocycles. The number of carbonyl (C=O) groups is 1. The minimum Gasteiger partial charge on any atom is -0.497 e. The molecular weight excluding hydrogens is 423 g/mol. The van der Waals surface area contributed by atoms with E-state index in [0.29, 0.717) is 34.8 Å². The SMILES string of the molecule is CCCNc1nc(-c2cnn3ccc(OC)cc23)c(F)cc1C(N)=NC(=O)c1ccccc1. The van der Waals surface area contributed by atoms with Gasteiger partial charge in [0.15, 0.2) is 5.82 Å². The molecule has 9 heteroatoms. The highest BCUT2D eigenvalue weighted by Crippen LogP contribution is 2.30. The average Bonchev–Trinajstić information content (AvgIpc) is 3.26. The van der Waals surface area contributed by atoms with Crippen LogP contribution in [-0.4, -0.2) is 40.0 Å². The number of methoxy groups -OCH3 is 1. The highest BCUT2D eigenvalue weighted by atomic mass is 19.1. The Labute approximate surface area is 189 Å². The number of halogens is 1. The predicted molar refractivity (Wildman–Crippen MR) is 125 cm³/mol. The lowest BCUT2D eigenvalue weighted by Crippen LogP contribution is -2.20. The van der Waals surface area contributed by atoms with E-state index in [9.17, 15) is 4.79 Å². The quantitative estimate of drug-likeness (QED) is 0.329. The topological polar surface area (TPSA) is 107 Å². The Bertz CT molecular complexity index is 1330. The van der Waals surface area contributed by atoms with Crippen molar-refractivity contribution in [3.8, 4) is 17.0 Å². The first-order valence-electron chi connectivity index (χ1n) is 10.4. The molecule has 0 aliphatic heterocycles. The van der Waals surface area contributed by atoms with Crippen LogP contribution >= 0.6 is 0 Å². The Balaban J connectivity index is 1.80. The molecule has 0 aliphatic rings. The number of pyridine rings is 2. The molecule has 1 amide bonds. The standard InChI is InChI=1S/C24H23FN6O2/c1-3-10-27-23-17(22(26)30-24(32)15-7-5-4-6-8-15)13-19(25)21(29-23)18-14-28-31-11-9-16(33-2)12-20(18)31/h4-9,11-14H,3,10H2,1-2H3,(H,27,29)(H2,26,30,32). The Morgan fingerprint density at radius 2 is 2.03 bits per heavy atom. The maximum absolute atomic E-state index is 15.3. The Hall–Kier alpha value is -4.27.